The predicted octanol–water partition coefficient (Wildman–Crippen LogP) is -0.291. The molecule has 10 heteroatoms. The molecule has 0 saturated carbocycles. The van der Waals surface area contributed by atoms with E-state index in [1.54, 1.807) is 19.9 Å². The van der Waals surface area contributed by atoms with Crippen molar-refractivity contribution >= 4 is 11.0 Å². The third-order valence-corrected chi connectivity index (χ3v) is 4.98. The van der Waals surface area contributed by atoms with Crippen LogP contribution in [0.15, 0.2) is 21.7 Å². The molecule has 0 spiro atoms. The van der Waals surface area contributed by atoms with Gasteiger partial charge in [0.05, 0.1) is 30.3 Å². The predicted molar refractivity (Wildman–Crippen MR) is 110 cm³/mol. The number of nitrogens with one attached hydrogen (secondary N) is 1. The molecular formula is C20H26N4O6. The number of aromatic amines is 1. The molecule has 0 aromatic heterocycles. The monoisotopic (exact) mass is 418 g/mol. The Morgan fingerprint density at radius 3 is 2.40 bits per heavy atom. The SMILES string of the molecule is Cc1cc2nc3c(=O)[nH]c(=O)nc-3n(CC(O)C(O)C(O)COC(C)C)c2cc1C. The number of aryl methyl sites for hydroxylation is 2. The molecule has 2 aliphatic rings. The Balaban J connectivity index is 2.09. The van der Waals surface area contributed by atoms with Crippen LogP contribution < -0.4 is 11.2 Å². The maximum Gasteiger partial charge on any atom is 0.349 e. The van der Waals surface area contributed by atoms with Crippen LogP contribution in [0.5, 0.6) is 0 Å². The van der Waals surface area contributed by atoms with Gasteiger partial charge in [0.2, 0.25) is 0 Å². The fourth-order valence-electron chi connectivity index (χ4n) is 3.18. The smallest absolute Gasteiger partial charge is 0.349 e. The van der Waals surface area contributed by atoms with Crippen LogP contribution in [0.3, 0.4) is 0 Å². The van der Waals surface area contributed by atoms with Crippen LogP contribution in [0, 0.1) is 13.8 Å². The van der Waals surface area contributed by atoms with Crippen LogP contribution in [-0.4, -0.2) is 65.9 Å². The standard InChI is InChI=1S/C20H26N4O6/c1-9(2)30-8-15(26)17(27)14(25)7-24-13-6-11(4)10(3)5-12(13)21-16-18(24)22-20(29)23-19(16)28/h5-6,9,14-15,17,25-27H,7-8H2,1-4H3,(H,23,28,29). The molecule has 3 atom stereocenters. The molecule has 1 aromatic rings. The first-order valence-corrected chi connectivity index (χ1v) is 9.66. The second-order valence-electron chi connectivity index (χ2n) is 7.70. The molecular weight excluding hydrogens is 392 g/mol. The quantitative estimate of drug-likeness (QED) is 0.382. The average molecular weight is 418 g/mol. The Morgan fingerprint density at radius 2 is 1.73 bits per heavy atom. The molecule has 2 heterocycles. The van der Waals surface area contributed by atoms with Gasteiger partial charge in [0, 0.05) is 0 Å². The number of aliphatic hydroxyl groups is 3. The molecule has 0 bridgehead atoms. The van der Waals surface area contributed by atoms with Gasteiger partial charge in [0.1, 0.15) is 18.3 Å². The van der Waals surface area contributed by atoms with E-state index in [2.05, 4.69) is 15.0 Å². The maximum absolute atomic E-state index is 12.3. The van der Waals surface area contributed by atoms with Gasteiger partial charge in [-0.25, -0.2) is 9.78 Å². The number of nitrogens with zero attached hydrogens (tertiary/aromatic N) is 3. The van der Waals surface area contributed by atoms with Crippen LogP contribution in [0.2, 0.25) is 0 Å². The van der Waals surface area contributed by atoms with Gasteiger partial charge in [0.25, 0.3) is 5.56 Å². The summed E-state index contributed by atoms with van der Waals surface area (Å²) in [6, 6.07) is 3.60. The molecule has 0 aliphatic carbocycles. The lowest BCUT2D eigenvalue weighted by atomic mass is 10.1. The lowest BCUT2D eigenvalue weighted by molar-refractivity contribution is -0.0987. The Morgan fingerprint density at radius 1 is 1.07 bits per heavy atom. The molecule has 1 aromatic carbocycles. The van der Waals surface area contributed by atoms with Gasteiger partial charge in [-0.3, -0.25) is 9.78 Å². The Hall–Kier alpha value is -2.66. The van der Waals surface area contributed by atoms with Crippen molar-refractivity contribution in [1.82, 2.24) is 19.5 Å². The second-order valence-corrected chi connectivity index (χ2v) is 7.70. The van der Waals surface area contributed by atoms with Gasteiger partial charge < -0.3 is 24.6 Å². The normalized spacial score (nSPS) is 15.1. The molecule has 30 heavy (non-hydrogen) atoms. The van der Waals surface area contributed by atoms with E-state index in [0.29, 0.717) is 11.0 Å². The van der Waals surface area contributed by atoms with Crippen molar-refractivity contribution in [1.29, 1.82) is 0 Å². The summed E-state index contributed by atoms with van der Waals surface area (Å²) in [5.74, 6) is -0.0151. The summed E-state index contributed by atoms with van der Waals surface area (Å²) in [5, 5.41) is 31.1. The van der Waals surface area contributed by atoms with Gasteiger partial charge >= 0.3 is 5.69 Å². The first-order valence-electron chi connectivity index (χ1n) is 9.66. The van der Waals surface area contributed by atoms with E-state index in [9.17, 15) is 24.9 Å². The minimum atomic E-state index is -1.52. The fraction of sp³-hybridized carbons (Fsp3) is 0.500. The maximum atomic E-state index is 12.3. The van der Waals surface area contributed by atoms with Crippen molar-refractivity contribution in [2.24, 2.45) is 0 Å². The summed E-state index contributed by atoms with van der Waals surface area (Å²) in [6.45, 7) is 6.99. The van der Waals surface area contributed by atoms with Gasteiger partial charge in [-0.1, -0.05) is 0 Å². The zero-order valence-electron chi connectivity index (χ0n) is 17.3. The molecule has 2 aliphatic heterocycles. The van der Waals surface area contributed by atoms with E-state index in [0.717, 1.165) is 11.1 Å². The highest BCUT2D eigenvalue weighted by Crippen LogP contribution is 2.24. The molecule has 10 nitrogen and oxygen atoms in total. The van der Waals surface area contributed by atoms with Crippen molar-refractivity contribution in [3.8, 4) is 11.5 Å². The largest absolute Gasteiger partial charge is 0.388 e. The van der Waals surface area contributed by atoms with E-state index in [1.807, 2.05) is 19.9 Å². The minimum Gasteiger partial charge on any atom is -0.388 e. The number of H-pyrrole nitrogens is 1. The lowest BCUT2D eigenvalue weighted by Crippen LogP contribution is -2.43. The van der Waals surface area contributed by atoms with Crippen LogP contribution in [0.1, 0.15) is 25.0 Å². The summed E-state index contributed by atoms with van der Waals surface area (Å²) in [5.41, 5.74) is 1.29. The number of benzene rings is 1. The minimum absolute atomic E-state index is 0.0151. The van der Waals surface area contributed by atoms with Gasteiger partial charge in [0.15, 0.2) is 11.5 Å². The highest BCUT2D eigenvalue weighted by molar-refractivity contribution is 5.81. The summed E-state index contributed by atoms with van der Waals surface area (Å²) < 4.78 is 6.75. The molecule has 3 rings (SSSR count). The Bertz CT molecular complexity index is 1140. The van der Waals surface area contributed by atoms with Crippen LogP contribution in [0.25, 0.3) is 22.6 Å². The highest BCUT2D eigenvalue weighted by Gasteiger charge is 2.28. The third-order valence-electron chi connectivity index (χ3n) is 4.98. The zero-order chi connectivity index (χ0) is 22.2. The van der Waals surface area contributed by atoms with E-state index >= 15 is 0 Å². The number of hydrogen-bond donors (Lipinski definition) is 4. The van der Waals surface area contributed by atoms with Crippen LogP contribution >= 0.6 is 0 Å². The van der Waals surface area contributed by atoms with Crippen molar-refractivity contribution in [2.75, 3.05) is 6.61 Å². The van der Waals surface area contributed by atoms with Crippen LogP contribution in [0.4, 0.5) is 0 Å². The van der Waals surface area contributed by atoms with Crippen molar-refractivity contribution in [2.45, 2.75) is 58.7 Å². The average Bonchev–Trinajstić information content (AvgIpc) is 2.67. The number of hydrogen-bond acceptors (Lipinski definition) is 8. The fourth-order valence-corrected chi connectivity index (χ4v) is 3.18. The molecule has 0 radical (unpaired) electrons. The Kier molecular flexibility index (Phi) is 6.32. The topological polar surface area (TPSA) is 151 Å². The van der Waals surface area contributed by atoms with Crippen molar-refractivity contribution < 1.29 is 20.1 Å². The van der Waals surface area contributed by atoms with Crippen molar-refractivity contribution in [3.05, 3.63) is 44.1 Å². The summed E-state index contributed by atoms with van der Waals surface area (Å²) >= 11 is 0. The Labute approximate surface area is 172 Å². The third kappa shape index (κ3) is 4.41. The number of rotatable bonds is 7. The first kappa shape index (κ1) is 22.0. The second kappa shape index (κ2) is 8.60. The molecule has 0 fully saturated rings. The van der Waals surface area contributed by atoms with Crippen molar-refractivity contribution in [3.63, 3.8) is 0 Å². The van der Waals surface area contributed by atoms with E-state index in [4.69, 9.17) is 4.74 Å². The van der Waals surface area contributed by atoms with E-state index in [1.165, 1.54) is 4.57 Å². The lowest BCUT2D eigenvalue weighted by Gasteiger charge is -2.26. The molecule has 162 valence electrons. The number of aromatic nitrogens is 4. The molecule has 0 saturated heterocycles. The summed E-state index contributed by atoms with van der Waals surface area (Å²) in [4.78, 5) is 34.4. The molecule has 3 unspecified atom stereocenters. The van der Waals surface area contributed by atoms with E-state index < -0.39 is 29.6 Å². The van der Waals surface area contributed by atoms with E-state index in [-0.39, 0.29) is 30.8 Å². The number of ether oxygens (including phenoxy) is 1. The summed E-state index contributed by atoms with van der Waals surface area (Å²) in [6.07, 6.45) is -4.41. The molecule has 0 amide bonds. The van der Waals surface area contributed by atoms with Crippen LogP contribution in [-0.2, 0) is 11.3 Å². The molecule has 4 N–H and O–H groups in total. The van der Waals surface area contributed by atoms with Gasteiger partial charge in [-0.05, 0) is 51.0 Å². The number of fused-ring (bicyclic) bond motifs is 2. The zero-order valence-corrected chi connectivity index (χ0v) is 17.3. The van der Waals surface area contributed by atoms with Gasteiger partial charge in [-0.2, -0.15) is 4.98 Å². The van der Waals surface area contributed by atoms with Gasteiger partial charge in [-0.15, -0.1) is 0 Å². The first-order chi connectivity index (χ1) is 14.1. The number of aliphatic hydroxyl groups excluding tert-OH is 3. The highest BCUT2D eigenvalue weighted by atomic mass is 16.5. The summed E-state index contributed by atoms with van der Waals surface area (Å²) in [7, 11) is 0.